The van der Waals surface area contributed by atoms with Crippen LogP contribution < -0.4 is 16.6 Å². The summed E-state index contributed by atoms with van der Waals surface area (Å²) in [4.78, 5) is 69.1. The molecule has 42 heavy (non-hydrogen) atoms. The Balaban J connectivity index is 1.34. The van der Waals surface area contributed by atoms with E-state index in [2.05, 4.69) is 5.32 Å². The van der Waals surface area contributed by atoms with Gasteiger partial charge >= 0.3 is 17.7 Å². The lowest BCUT2D eigenvalue weighted by molar-refractivity contribution is -0.133. The van der Waals surface area contributed by atoms with Crippen LogP contribution in [-0.2, 0) is 22.5 Å². The molecule has 1 saturated heterocycles. The second kappa shape index (κ2) is 12.1. The van der Waals surface area contributed by atoms with Gasteiger partial charge in [-0.05, 0) is 50.8 Å². The molecule has 0 aliphatic carbocycles. The summed E-state index contributed by atoms with van der Waals surface area (Å²) in [6.07, 6.45) is 3.35. The zero-order chi connectivity index (χ0) is 30.0. The Morgan fingerprint density at radius 3 is 2.36 bits per heavy atom. The molecule has 11 nitrogen and oxygen atoms in total. The zero-order valence-corrected chi connectivity index (χ0v) is 24.0. The molecule has 0 atom stereocenters. The number of amides is 3. The number of hydrogen-bond donors (Lipinski definition) is 1. The van der Waals surface area contributed by atoms with Gasteiger partial charge in [0.25, 0.3) is 5.56 Å². The number of esters is 1. The average molecular weight is 574 g/mol. The number of ether oxygens (including phenoxy) is 1. The van der Waals surface area contributed by atoms with Crippen molar-refractivity contribution in [3.05, 3.63) is 86.7 Å². The van der Waals surface area contributed by atoms with Crippen LogP contribution in [0.3, 0.4) is 0 Å². The molecule has 2 aromatic carbocycles. The van der Waals surface area contributed by atoms with Gasteiger partial charge in [-0.3, -0.25) is 18.7 Å². The average Bonchev–Trinajstić information content (AvgIpc) is 3.16. The van der Waals surface area contributed by atoms with Crippen molar-refractivity contribution < 1.29 is 19.1 Å². The molecule has 3 amide bonds. The number of nitrogens with one attached hydrogen (secondary N) is 1. The molecule has 0 spiro atoms. The molecule has 0 saturated carbocycles. The molecule has 0 bridgehead atoms. The molecule has 5 rings (SSSR count). The number of carbonyl (C=O) groups is 3. The van der Waals surface area contributed by atoms with Crippen LogP contribution >= 0.6 is 0 Å². The van der Waals surface area contributed by atoms with E-state index in [9.17, 15) is 24.0 Å². The maximum Gasteiger partial charge on any atom is 0.338 e. The number of para-hydroxylation sites is 1. The van der Waals surface area contributed by atoms with Crippen molar-refractivity contribution in [3.63, 3.8) is 0 Å². The standard InChI is InChI=1S/C31H35N5O6/c1-20(2)36-28(38)25(23-9-5-6-10-24(23)29(39)42-3)18-34(31(36)41)19-27(37)33-15-13-22(14-16-33)35-17-12-21-8-4-7-11-26(21)32-30(35)40/h4-11,18,20,22H,12-17,19H2,1-3H3,(H,32,40). The summed E-state index contributed by atoms with van der Waals surface area (Å²) in [6.45, 7) is 4.65. The number of benzene rings is 2. The number of aromatic nitrogens is 2. The van der Waals surface area contributed by atoms with E-state index in [1.807, 2.05) is 29.2 Å². The van der Waals surface area contributed by atoms with Gasteiger partial charge in [-0.25, -0.2) is 14.4 Å². The minimum atomic E-state index is -0.611. The molecule has 220 valence electrons. The number of hydrogen-bond acceptors (Lipinski definition) is 6. The van der Waals surface area contributed by atoms with E-state index in [4.69, 9.17) is 4.74 Å². The third-order valence-corrected chi connectivity index (χ3v) is 8.03. The minimum Gasteiger partial charge on any atom is -0.465 e. The third-order valence-electron chi connectivity index (χ3n) is 8.03. The van der Waals surface area contributed by atoms with Crippen molar-refractivity contribution >= 4 is 23.6 Å². The number of rotatable bonds is 6. The highest BCUT2D eigenvalue weighted by Gasteiger charge is 2.31. The van der Waals surface area contributed by atoms with Crippen molar-refractivity contribution in [1.29, 1.82) is 0 Å². The highest BCUT2D eigenvalue weighted by Crippen LogP contribution is 2.25. The first-order valence-electron chi connectivity index (χ1n) is 14.2. The van der Waals surface area contributed by atoms with Gasteiger partial charge in [0.1, 0.15) is 6.54 Å². The largest absolute Gasteiger partial charge is 0.465 e. The molecule has 2 aliphatic heterocycles. The SMILES string of the molecule is COC(=O)c1ccccc1-c1cn(CC(=O)N2CCC(N3CCc4ccccc4NC3=O)CC2)c(=O)n(C(C)C)c1=O. The van der Waals surface area contributed by atoms with Gasteiger partial charge in [0, 0.05) is 49.2 Å². The molecule has 11 heteroatoms. The van der Waals surface area contributed by atoms with E-state index in [0.717, 1.165) is 22.2 Å². The lowest BCUT2D eigenvalue weighted by atomic mass is 10.0. The Morgan fingerprint density at radius 1 is 0.952 bits per heavy atom. The Hall–Kier alpha value is -4.67. The summed E-state index contributed by atoms with van der Waals surface area (Å²) in [7, 11) is 1.26. The van der Waals surface area contributed by atoms with Crippen LogP contribution in [0.2, 0.25) is 0 Å². The number of urea groups is 1. The number of methoxy groups -OCH3 is 1. The van der Waals surface area contributed by atoms with Gasteiger partial charge in [-0.1, -0.05) is 36.4 Å². The normalized spacial score (nSPS) is 15.7. The fourth-order valence-electron chi connectivity index (χ4n) is 5.79. The fourth-order valence-corrected chi connectivity index (χ4v) is 5.79. The lowest BCUT2D eigenvalue weighted by Crippen LogP contribution is -2.51. The van der Waals surface area contributed by atoms with Gasteiger partial charge in [0.15, 0.2) is 0 Å². The maximum atomic E-state index is 13.4. The Morgan fingerprint density at radius 2 is 1.64 bits per heavy atom. The molecule has 1 fully saturated rings. The van der Waals surface area contributed by atoms with Crippen molar-refractivity contribution in [3.8, 4) is 11.1 Å². The summed E-state index contributed by atoms with van der Waals surface area (Å²) in [5.74, 6) is -0.871. The first kappa shape index (κ1) is 28.8. The number of anilines is 1. The monoisotopic (exact) mass is 573 g/mol. The predicted octanol–water partition coefficient (Wildman–Crippen LogP) is 3.13. The van der Waals surface area contributed by atoms with Crippen molar-refractivity contribution in [2.45, 2.75) is 51.7 Å². The lowest BCUT2D eigenvalue weighted by Gasteiger charge is -2.38. The van der Waals surface area contributed by atoms with Crippen molar-refractivity contribution in [2.24, 2.45) is 0 Å². The quantitative estimate of drug-likeness (QED) is 0.452. The summed E-state index contributed by atoms with van der Waals surface area (Å²) in [5, 5.41) is 3.01. The van der Waals surface area contributed by atoms with E-state index in [1.165, 1.54) is 17.9 Å². The number of nitrogens with zero attached hydrogens (tertiary/aromatic N) is 4. The Labute approximate surface area is 243 Å². The van der Waals surface area contributed by atoms with Crippen LogP contribution in [-0.4, -0.2) is 69.6 Å². The van der Waals surface area contributed by atoms with Crippen LogP contribution in [0.15, 0.2) is 64.3 Å². The maximum absolute atomic E-state index is 13.4. The first-order valence-corrected chi connectivity index (χ1v) is 14.2. The molecule has 0 unspecified atom stereocenters. The molecular formula is C31H35N5O6. The van der Waals surface area contributed by atoms with Crippen LogP contribution in [0.5, 0.6) is 0 Å². The predicted molar refractivity (Wildman–Crippen MR) is 158 cm³/mol. The van der Waals surface area contributed by atoms with Crippen LogP contribution in [0.1, 0.15) is 48.7 Å². The number of piperidine rings is 1. The van der Waals surface area contributed by atoms with E-state index in [1.54, 1.807) is 43.0 Å². The number of fused-ring (bicyclic) bond motifs is 1. The van der Waals surface area contributed by atoms with E-state index in [-0.39, 0.29) is 35.7 Å². The summed E-state index contributed by atoms with van der Waals surface area (Å²) in [6, 6.07) is 13.7. The van der Waals surface area contributed by atoms with Crippen LogP contribution in [0.4, 0.5) is 10.5 Å². The molecule has 2 aliphatic rings. The molecule has 1 N–H and O–H groups in total. The summed E-state index contributed by atoms with van der Waals surface area (Å²) >= 11 is 0. The molecule has 3 heterocycles. The smallest absolute Gasteiger partial charge is 0.338 e. The minimum absolute atomic E-state index is 0.00430. The first-order chi connectivity index (χ1) is 20.2. The van der Waals surface area contributed by atoms with Gasteiger partial charge < -0.3 is 19.9 Å². The van der Waals surface area contributed by atoms with Crippen LogP contribution in [0.25, 0.3) is 11.1 Å². The third kappa shape index (κ3) is 5.59. The van der Waals surface area contributed by atoms with E-state index in [0.29, 0.717) is 38.0 Å². The number of likely N-dealkylation sites (tertiary alicyclic amines) is 1. The van der Waals surface area contributed by atoms with E-state index >= 15 is 0 Å². The van der Waals surface area contributed by atoms with Gasteiger partial charge in [-0.15, -0.1) is 0 Å². The van der Waals surface area contributed by atoms with Crippen molar-refractivity contribution in [2.75, 3.05) is 32.1 Å². The highest BCUT2D eigenvalue weighted by atomic mass is 16.5. The Bertz CT molecular complexity index is 1630. The molecular weight excluding hydrogens is 538 g/mol. The van der Waals surface area contributed by atoms with Gasteiger partial charge in [-0.2, -0.15) is 0 Å². The molecule has 0 radical (unpaired) electrons. The fraction of sp³-hybridized carbons (Fsp3) is 0.387. The summed E-state index contributed by atoms with van der Waals surface area (Å²) < 4.78 is 7.22. The van der Waals surface area contributed by atoms with Crippen molar-refractivity contribution in [1.82, 2.24) is 18.9 Å². The van der Waals surface area contributed by atoms with Crippen LogP contribution in [0, 0.1) is 0 Å². The van der Waals surface area contributed by atoms with E-state index < -0.39 is 23.3 Å². The summed E-state index contributed by atoms with van der Waals surface area (Å²) in [5.41, 5.74) is 1.42. The van der Waals surface area contributed by atoms with Gasteiger partial charge in [0.2, 0.25) is 5.91 Å². The highest BCUT2D eigenvalue weighted by molar-refractivity contribution is 5.97. The number of carbonyl (C=O) groups excluding carboxylic acids is 3. The zero-order valence-electron chi connectivity index (χ0n) is 24.0. The second-order valence-corrected chi connectivity index (χ2v) is 10.9. The second-order valence-electron chi connectivity index (χ2n) is 10.9. The molecule has 1 aromatic heterocycles. The van der Waals surface area contributed by atoms with Gasteiger partial charge in [0.05, 0.1) is 18.2 Å². The molecule has 3 aromatic rings. The topological polar surface area (TPSA) is 123 Å². The Kier molecular flexibility index (Phi) is 8.28.